The average molecular weight is 185 g/mol. The number of hydrogen-bond acceptors (Lipinski definition) is 2. The molecule has 1 N–H and O–H groups in total. The van der Waals surface area contributed by atoms with Crippen molar-refractivity contribution in [2.45, 2.75) is 6.92 Å². The van der Waals surface area contributed by atoms with Crippen molar-refractivity contribution in [2.75, 3.05) is 0 Å². The van der Waals surface area contributed by atoms with Gasteiger partial charge in [-0.05, 0) is 19.1 Å². The fraction of sp³-hybridized carbons (Fsp3) is 0.0833. The van der Waals surface area contributed by atoms with Crippen LogP contribution in [-0.4, -0.2) is 5.71 Å². The molecular weight excluding hydrogens is 174 g/mol. The Morgan fingerprint density at radius 3 is 2.43 bits per heavy atom. The quantitative estimate of drug-likeness (QED) is 0.717. The largest absolute Gasteiger partial charge is 0.463 e. The maximum absolute atomic E-state index is 7.86. The van der Waals surface area contributed by atoms with Crippen LogP contribution in [0.25, 0.3) is 0 Å². The molecule has 2 aromatic rings. The van der Waals surface area contributed by atoms with E-state index in [1.165, 1.54) is 5.56 Å². The molecule has 0 aliphatic rings. The highest BCUT2D eigenvalue weighted by Crippen LogP contribution is 2.10. The van der Waals surface area contributed by atoms with Crippen LogP contribution in [0.4, 0.5) is 0 Å². The van der Waals surface area contributed by atoms with Crippen molar-refractivity contribution < 1.29 is 4.42 Å². The maximum atomic E-state index is 7.86. The molecule has 1 heterocycles. The van der Waals surface area contributed by atoms with Gasteiger partial charge in [-0.25, -0.2) is 0 Å². The molecule has 0 fully saturated rings. The van der Waals surface area contributed by atoms with E-state index in [9.17, 15) is 0 Å². The lowest BCUT2D eigenvalue weighted by atomic mass is 10.1. The van der Waals surface area contributed by atoms with Crippen LogP contribution in [-0.2, 0) is 0 Å². The minimum atomic E-state index is 0.426. The third-order valence-electron chi connectivity index (χ3n) is 2.11. The Morgan fingerprint density at radius 1 is 1.14 bits per heavy atom. The highest BCUT2D eigenvalue weighted by molar-refractivity contribution is 6.08. The molecule has 0 aliphatic carbocycles. The van der Waals surface area contributed by atoms with E-state index in [0.717, 1.165) is 5.56 Å². The van der Waals surface area contributed by atoms with E-state index >= 15 is 0 Å². The number of benzene rings is 1. The Bertz CT molecular complexity index is 426. The minimum absolute atomic E-state index is 0.426. The number of aryl methyl sites for hydroxylation is 1. The number of rotatable bonds is 2. The monoisotopic (exact) mass is 185 g/mol. The Morgan fingerprint density at radius 2 is 1.86 bits per heavy atom. The molecule has 0 bridgehead atoms. The van der Waals surface area contributed by atoms with Crippen molar-refractivity contribution in [3.63, 3.8) is 0 Å². The molecule has 70 valence electrons. The lowest BCUT2D eigenvalue weighted by Crippen LogP contribution is -1.98. The van der Waals surface area contributed by atoms with Crippen molar-refractivity contribution in [1.82, 2.24) is 0 Å². The van der Waals surface area contributed by atoms with Gasteiger partial charge in [0.2, 0.25) is 0 Å². The lowest BCUT2D eigenvalue weighted by molar-refractivity contribution is 0.557. The van der Waals surface area contributed by atoms with Crippen LogP contribution >= 0.6 is 0 Å². The molecule has 0 unspecified atom stereocenters. The molecule has 0 saturated heterocycles. The smallest absolute Gasteiger partial charge is 0.152 e. The van der Waals surface area contributed by atoms with Gasteiger partial charge >= 0.3 is 0 Å². The molecule has 0 radical (unpaired) electrons. The Labute approximate surface area is 82.7 Å². The Balaban J connectivity index is 2.33. The van der Waals surface area contributed by atoms with E-state index in [4.69, 9.17) is 9.83 Å². The summed E-state index contributed by atoms with van der Waals surface area (Å²) in [4.78, 5) is 0. The standard InChI is InChI=1S/C12H11NO/c1-9-4-6-10(7-5-9)12(13)11-3-2-8-14-11/h2-8,13H,1H3. The third-order valence-corrected chi connectivity index (χ3v) is 2.11. The molecule has 2 nitrogen and oxygen atoms in total. The SMILES string of the molecule is Cc1ccc(C(=N)c2ccco2)cc1. The lowest BCUT2D eigenvalue weighted by Gasteiger charge is -2.00. The van der Waals surface area contributed by atoms with Crippen molar-refractivity contribution in [2.24, 2.45) is 0 Å². The number of hydrogen-bond donors (Lipinski definition) is 1. The first-order chi connectivity index (χ1) is 6.77. The highest BCUT2D eigenvalue weighted by atomic mass is 16.3. The first kappa shape index (κ1) is 8.75. The molecule has 2 heteroatoms. The van der Waals surface area contributed by atoms with Gasteiger partial charge in [0, 0.05) is 5.56 Å². The second-order valence-corrected chi connectivity index (χ2v) is 3.22. The predicted octanol–water partition coefficient (Wildman–Crippen LogP) is 3.00. The molecule has 0 atom stereocenters. The fourth-order valence-electron chi connectivity index (χ4n) is 1.28. The Hall–Kier alpha value is -1.83. The maximum Gasteiger partial charge on any atom is 0.152 e. The second kappa shape index (κ2) is 3.50. The topological polar surface area (TPSA) is 37.0 Å². The van der Waals surface area contributed by atoms with E-state index < -0.39 is 0 Å². The summed E-state index contributed by atoms with van der Waals surface area (Å²) < 4.78 is 5.16. The van der Waals surface area contributed by atoms with E-state index in [2.05, 4.69) is 0 Å². The van der Waals surface area contributed by atoms with Crippen LogP contribution in [0, 0.1) is 12.3 Å². The molecule has 0 spiro atoms. The van der Waals surface area contributed by atoms with Gasteiger partial charge in [0.25, 0.3) is 0 Å². The van der Waals surface area contributed by atoms with Gasteiger partial charge in [0.05, 0.1) is 6.26 Å². The number of furan rings is 1. The average Bonchev–Trinajstić information content (AvgIpc) is 2.71. The summed E-state index contributed by atoms with van der Waals surface area (Å²) in [6.45, 7) is 2.03. The first-order valence-corrected chi connectivity index (χ1v) is 4.47. The predicted molar refractivity (Wildman–Crippen MR) is 55.8 cm³/mol. The van der Waals surface area contributed by atoms with Crippen LogP contribution in [0.2, 0.25) is 0 Å². The van der Waals surface area contributed by atoms with Gasteiger partial charge in [-0.15, -0.1) is 0 Å². The van der Waals surface area contributed by atoms with Gasteiger partial charge < -0.3 is 4.42 Å². The molecule has 0 amide bonds. The van der Waals surface area contributed by atoms with Crippen LogP contribution in [0.3, 0.4) is 0 Å². The number of nitrogens with one attached hydrogen (secondary N) is 1. The van der Waals surface area contributed by atoms with Crippen molar-refractivity contribution in [1.29, 1.82) is 5.41 Å². The van der Waals surface area contributed by atoms with Crippen LogP contribution in [0.15, 0.2) is 47.1 Å². The fourth-order valence-corrected chi connectivity index (χ4v) is 1.28. The Kier molecular flexibility index (Phi) is 2.19. The van der Waals surface area contributed by atoms with Crippen LogP contribution in [0.1, 0.15) is 16.9 Å². The van der Waals surface area contributed by atoms with Gasteiger partial charge in [0.15, 0.2) is 5.76 Å². The second-order valence-electron chi connectivity index (χ2n) is 3.22. The zero-order chi connectivity index (χ0) is 9.97. The summed E-state index contributed by atoms with van der Waals surface area (Å²) in [6.07, 6.45) is 1.58. The normalized spacial score (nSPS) is 10.1. The van der Waals surface area contributed by atoms with Gasteiger partial charge in [-0.2, -0.15) is 0 Å². The third kappa shape index (κ3) is 1.59. The summed E-state index contributed by atoms with van der Waals surface area (Å²) in [6, 6.07) is 11.4. The summed E-state index contributed by atoms with van der Waals surface area (Å²) in [5.74, 6) is 0.605. The molecule has 0 aliphatic heterocycles. The summed E-state index contributed by atoms with van der Waals surface area (Å²) in [5, 5.41) is 7.86. The minimum Gasteiger partial charge on any atom is -0.463 e. The van der Waals surface area contributed by atoms with Crippen molar-refractivity contribution in [3.8, 4) is 0 Å². The zero-order valence-electron chi connectivity index (χ0n) is 7.95. The van der Waals surface area contributed by atoms with Crippen molar-refractivity contribution >= 4 is 5.71 Å². The zero-order valence-corrected chi connectivity index (χ0v) is 7.95. The van der Waals surface area contributed by atoms with Gasteiger partial charge in [-0.1, -0.05) is 29.8 Å². The van der Waals surface area contributed by atoms with Crippen molar-refractivity contribution in [3.05, 3.63) is 59.5 Å². The van der Waals surface area contributed by atoms with Gasteiger partial charge in [0.1, 0.15) is 5.71 Å². The van der Waals surface area contributed by atoms with E-state index in [-0.39, 0.29) is 0 Å². The van der Waals surface area contributed by atoms with Crippen LogP contribution < -0.4 is 0 Å². The molecular formula is C12H11NO. The molecule has 0 saturated carbocycles. The summed E-state index contributed by atoms with van der Waals surface area (Å²) in [5.41, 5.74) is 2.50. The first-order valence-electron chi connectivity index (χ1n) is 4.47. The summed E-state index contributed by atoms with van der Waals surface area (Å²) >= 11 is 0. The van der Waals surface area contributed by atoms with E-state index in [0.29, 0.717) is 11.5 Å². The molecule has 2 rings (SSSR count). The highest BCUT2D eigenvalue weighted by Gasteiger charge is 2.05. The van der Waals surface area contributed by atoms with E-state index in [1.807, 2.05) is 31.2 Å². The van der Waals surface area contributed by atoms with Gasteiger partial charge in [-0.3, -0.25) is 5.41 Å². The van der Waals surface area contributed by atoms with Crippen LogP contribution in [0.5, 0.6) is 0 Å². The van der Waals surface area contributed by atoms with E-state index in [1.54, 1.807) is 18.4 Å². The summed E-state index contributed by atoms with van der Waals surface area (Å²) in [7, 11) is 0. The molecule has 1 aromatic carbocycles. The molecule has 1 aromatic heterocycles. The molecule has 14 heavy (non-hydrogen) atoms.